The van der Waals surface area contributed by atoms with Crippen LogP contribution in [0, 0.1) is 0 Å². The van der Waals surface area contributed by atoms with Crippen LogP contribution in [0.4, 0.5) is 5.00 Å². The minimum absolute atomic E-state index is 0.633. The number of rotatable bonds is 4. The van der Waals surface area contributed by atoms with Gasteiger partial charge in [0, 0.05) is 24.2 Å². The van der Waals surface area contributed by atoms with E-state index < -0.39 is 0 Å². The van der Waals surface area contributed by atoms with Crippen molar-refractivity contribution >= 4 is 27.4 Å². The molecule has 0 saturated carbocycles. The average molecular weight is 271 g/mol. The molecule has 0 amide bonds. The fraction of sp³-hybridized carbons (Fsp3) is 0.143. The zero-order chi connectivity index (χ0) is 13.1. The SMILES string of the molecule is COc1cc(CNc2snc3ccccc23)ccn1. The third kappa shape index (κ3) is 2.51. The van der Waals surface area contributed by atoms with Gasteiger partial charge in [0.2, 0.25) is 5.88 Å². The number of hydrogen-bond donors (Lipinski definition) is 1. The average Bonchev–Trinajstić information content (AvgIpc) is 2.89. The van der Waals surface area contributed by atoms with Gasteiger partial charge >= 0.3 is 0 Å². The number of pyridine rings is 1. The molecule has 0 aliphatic carbocycles. The third-order valence-electron chi connectivity index (χ3n) is 2.85. The highest BCUT2D eigenvalue weighted by Gasteiger charge is 2.05. The van der Waals surface area contributed by atoms with Crippen molar-refractivity contribution in [2.24, 2.45) is 0 Å². The van der Waals surface area contributed by atoms with Crippen molar-refractivity contribution in [1.29, 1.82) is 0 Å². The van der Waals surface area contributed by atoms with Gasteiger partial charge in [0.1, 0.15) is 5.00 Å². The van der Waals surface area contributed by atoms with Crippen LogP contribution in [0.15, 0.2) is 42.6 Å². The molecule has 0 bridgehead atoms. The molecule has 4 nitrogen and oxygen atoms in total. The Bertz CT molecular complexity index is 696. The Balaban J connectivity index is 1.78. The van der Waals surface area contributed by atoms with Gasteiger partial charge in [0.15, 0.2) is 0 Å². The van der Waals surface area contributed by atoms with Crippen molar-refractivity contribution in [2.45, 2.75) is 6.54 Å². The minimum Gasteiger partial charge on any atom is -0.481 e. The molecule has 0 aliphatic rings. The molecule has 3 aromatic rings. The van der Waals surface area contributed by atoms with Gasteiger partial charge in [0.05, 0.1) is 12.6 Å². The molecule has 0 radical (unpaired) electrons. The summed E-state index contributed by atoms with van der Waals surface area (Å²) >= 11 is 1.48. The zero-order valence-corrected chi connectivity index (χ0v) is 11.3. The molecule has 1 aromatic carbocycles. The van der Waals surface area contributed by atoms with E-state index in [1.165, 1.54) is 11.5 Å². The van der Waals surface area contributed by atoms with Gasteiger partial charge in [-0.15, -0.1) is 0 Å². The summed E-state index contributed by atoms with van der Waals surface area (Å²) < 4.78 is 9.52. The molecule has 0 unspecified atom stereocenters. The maximum absolute atomic E-state index is 5.11. The molecule has 19 heavy (non-hydrogen) atoms. The number of anilines is 1. The number of nitrogens with one attached hydrogen (secondary N) is 1. The Kier molecular flexibility index (Phi) is 3.29. The fourth-order valence-electron chi connectivity index (χ4n) is 1.87. The van der Waals surface area contributed by atoms with E-state index >= 15 is 0 Å². The quantitative estimate of drug-likeness (QED) is 0.790. The molecule has 96 valence electrons. The summed E-state index contributed by atoms with van der Waals surface area (Å²) in [6.07, 6.45) is 1.75. The van der Waals surface area contributed by atoms with E-state index in [1.54, 1.807) is 13.3 Å². The summed E-state index contributed by atoms with van der Waals surface area (Å²) in [7, 11) is 1.62. The number of aromatic nitrogens is 2. The molecular formula is C14H13N3OS. The number of ether oxygens (including phenoxy) is 1. The van der Waals surface area contributed by atoms with Crippen molar-refractivity contribution in [3.63, 3.8) is 0 Å². The van der Waals surface area contributed by atoms with Gasteiger partial charge in [-0.3, -0.25) is 0 Å². The lowest BCUT2D eigenvalue weighted by Crippen LogP contribution is -1.99. The topological polar surface area (TPSA) is 47.0 Å². The van der Waals surface area contributed by atoms with Gasteiger partial charge in [-0.05, 0) is 35.3 Å². The Labute approximate surface area is 115 Å². The molecule has 1 N–H and O–H groups in total. The van der Waals surface area contributed by atoms with Gasteiger partial charge in [-0.25, -0.2) is 4.98 Å². The molecule has 0 saturated heterocycles. The third-order valence-corrected chi connectivity index (χ3v) is 3.68. The fourth-order valence-corrected chi connectivity index (χ4v) is 2.63. The van der Waals surface area contributed by atoms with E-state index in [0.717, 1.165) is 28.0 Å². The smallest absolute Gasteiger partial charge is 0.213 e. The van der Waals surface area contributed by atoms with Crippen LogP contribution in [-0.2, 0) is 6.54 Å². The van der Waals surface area contributed by atoms with E-state index in [1.807, 2.05) is 30.3 Å². The van der Waals surface area contributed by atoms with Gasteiger partial charge in [-0.2, -0.15) is 4.37 Å². The molecule has 2 heterocycles. The van der Waals surface area contributed by atoms with Crippen molar-refractivity contribution in [3.8, 4) is 5.88 Å². The minimum atomic E-state index is 0.633. The lowest BCUT2D eigenvalue weighted by atomic mass is 10.2. The first-order valence-corrected chi connectivity index (χ1v) is 6.71. The van der Waals surface area contributed by atoms with E-state index in [2.05, 4.69) is 20.7 Å². The summed E-state index contributed by atoms with van der Waals surface area (Å²) in [6.45, 7) is 0.727. The maximum atomic E-state index is 5.11. The van der Waals surface area contributed by atoms with Gasteiger partial charge in [-0.1, -0.05) is 12.1 Å². The molecule has 3 rings (SSSR count). The monoisotopic (exact) mass is 271 g/mol. The van der Waals surface area contributed by atoms with Crippen LogP contribution < -0.4 is 10.1 Å². The number of benzene rings is 1. The Morgan fingerprint density at radius 3 is 3.05 bits per heavy atom. The number of fused-ring (bicyclic) bond motifs is 1. The molecule has 2 aromatic heterocycles. The Morgan fingerprint density at radius 2 is 2.16 bits per heavy atom. The van der Waals surface area contributed by atoms with Crippen LogP contribution in [0.1, 0.15) is 5.56 Å². The Hall–Kier alpha value is -2.14. The van der Waals surface area contributed by atoms with Gasteiger partial charge < -0.3 is 10.1 Å². The van der Waals surface area contributed by atoms with Crippen LogP contribution in [0.25, 0.3) is 10.9 Å². The predicted molar refractivity (Wildman–Crippen MR) is 77.7 cm³/mol. The van der Waals surface area contributed by atoms with Crippen LogP contribution in [-0.4, -0.2) is 16.5 Å². The second-order valence-corrected chi connectivity index (χ2v) is 4.86. The predicted octanol–water partition coefficient (Wildman–Crippen LogP) is 3.31. The van der Waals surface area contributed by atoms with Crippen molar-refractivity contribution in [2.75, 3.05) is 12.4 Å². The van der Waals surface area contributed by atoms with E-state index in [9.17, 15) is 0 Å². The zero-order valence-electron chi connectivity index (χ0n) is 10.5. The Morgan fingerprint density at radius 1 is 1.26 bits per heavy atom. The first-order chi connectivity index (χ1) is 9.36. The molecule has 0 spiro atoms. The highest BCUT2D eigenvalue weighted by Crippen LogP contribution is 2.27. The van der Waals surface area contributed by atoms with Crippen LogP contribution in [0.5, 0.6) is 5.88 Å². The summed E-state index contributed by atoms with van der Waals surface area (Å²) in [5, 5.41) is 5.66. The lowest BCUT2D eigenvalue weighted by Gasteiger charge is -2.05. The van der Waals surface area contributed by atoms with Gasteiger partial charge in [0.25, 0.3) is 0 Å². The number of nitrogens with zero attached hydrogens (tertiary/aromatic N) is 2. The second kappa shape index (κ2) is 5.24. The van der Waals surface area contributed by atoms with E-state index in [-0.39, 0.29) is 0 Å². The van der Waals surface area contributed by atoms with Crippen molar-refractivity contribution in [3.05, 3.63) is 48.2 Å². The molecule has 0 aliphatic heterocycles. The molecule has 0 fully saturated rings. The van der Waals surface area contributed by atoms with E-state index in [4.69, 9.17) is 4.74 Å². The summed E-state index contributed by atoms with van der Waals surface area (Å²) in [6, 6.07) is 12.0. The standard InChI is InChI=1S/C14H13N3OS/c1-18-13-8-10(6-7-15-13)9-16-14-11-4-2-3-5-12(11)17-19-14/h2-8,16H,9H2,1H3. The summed E-state index contributed by atoms with van der Waals surface area (Å²) in [5.41, 5.74) is 2.16. The van der Waals surface area contributed by atoms with Crippen molar-refractivity contribution < 1.29 is 4.74 Å². The van der Waals surface area contributed by atoms with Crippen LogP contribution in [0.3, 0.4) is 0 Å². The molecule has 5 heteroatoms. The highest BCUT2D eigenvalue weighted by atomic mass is 32.1. The largest absolute Gasteiger partial charge is 0.481 e. The first kappa shape index (κ1) is 11.9. The highest BCUT2D eigenvalue weighted by molar-refractivity contribution is 7.11. The molecule has 0 atom stereocenters. The summed E-state index contributed by atoms with van der Waals surface area (Å²) in [4.78, 5) is 4.09. The second-order valence-electron chi connectivity index (χ2n) is 4.09. The normalized spacial score (nSPS) is 10.6. The lowest BCUT2D eigenvalue weighted by molar-refractivity contribution is 0.397. The maximum Gasteiger partial charge on any atom is 0.213 e. The van der Waals surface area contributed by atoms with E-state index in [0.29, 0.717) is 5.88 Å². The van der Waals surface area contributed by atoms with Crippen LogP contribution >= 0.6 is 11.5 Å². The van der Waals surface area contributed by atoms with Crippen LogP contribution in [0.2, 0.25) is 0 Å². The first-order valence-electron chi connectivity index (χ1n) is 5.94. The van der Waals surface area contributed by atoms with Crippen molar-refractivity contribution in [1.82, 2.24) is 9.36 Å². The molecular weight excluding hydrogens is 258 g/mol. The number of hydrogen-bond acceptors (Lipinski definition) is 5. The summed E-state index contributed by atoms with van der Waals surface area (Å²) in [5.74, 6) is 0.633. The number of methoxy groups -OCH3 is 1.